The van der Waals surface area contributed by atoms with Crippen molar-refractivity contribution in [3.8, 4) is 0 Å². The Kier molecular flexibility index (Phi) is 4.55. The van der Waals surface area contributed by atoms with Gasteiger partial charge in [-0.25, -0.2) is 8.78 Å². The summed E-state index contributed by atoms with van der Waals surface area (Å²) in [5, 5.41) is 3.28. The molecule has 1 aromatic heterocycles. The van der Waals surface area contributed by atoms with Crippen molar-refractivity contribution in [1.29, 1.82) is 0 Å². The highest BCUT2D eigenvalue weighted by atomic mass is 35.5. The quantitative estimate of drug-likeness (QED) is 0.829. The molecular weight excluding hydrogens is 288 g/mol. The van der Waals surface area contributed by atoms with Gasteiger partial charge in [-0.1, -0.05) is 17.7 Å². The molecule has 2 rings (SSSR count). The Balaban J connectivity index is 2.10. The molecule has 0 fully saturated rings. The lowest BCUT2D eigenvalue weighted by Crippen LogP contribution is -2.22. The predicted octanol–water partition coefficient (Wildman–Crippen LogP) is 5.09. The third-order valence-corrected chi connectivity index (χ3v) is 4.36. The zero-order valence-corrected chi connectivity index (χ0v) is 12.2. The summed E-state index contributed by atoms with van der Waals surface area (Å²) in [6, 6.07) is 7.26. The van der Waals surface area contributed by atoms with Gasteiger partial charge in [0.1, 0.15) is 11.6 Å². The second-order valence-corrected chi connectivity index (χ2v) is 6.16. The second-order valence-electron chi connectivity index (χ2n) is 4.42. The van der Waals surface area contributed by atoms with Crippen LogP contribution in [-0.4, -0.2) is 0 Å². The van der Waals surface area contributed by atoms with Gasteiger partial charge in [0.25, 0.3) is 0 Å². The topological polar surface area (TPSA) is 12.0 Å². The fraction of sp³-hybridized carbons (Fsp3) is 0.286. The van der Waals surface area contributed by atoms with Crippen LogP contribution >= 0.6 is 22.9 Å². The molecule has 0 aliphatic rings. The van der Waals surface area contributed by atoms with Crippen LogP contribution in [0.2, 0.25) is 4.34 Å². The lowest BCUT2D eigenvalue weighted by Gasteiger charge is -2.20. The first kappa shape index (κ1) is 14.4. The molecule has 19 heavy (non-hydrogen) atoms. The van der Waals surface area contributed by atoms with Gasteiger partial charge in [0.2, 0.25) is 0 Å². The maximum Gasteiger partial charge on any atom is 0.130 e. The normalized spacial score (nSPS) is 14.4. The molecule has 0 aliphatic heterocycles. The molecule has 0 spiro atoms. The van der Waals surface area contributed by atoms with E-state index in [9.17, 15) is 8.78 Å². The van der Waals surface area contributed by atoms with Crippen LogP contribution in [0.1, 0.15) is 36.4 Å². The van der Waals surface area contributed by atoms with Gasteiger partial charge in [0, 0.05) is 28.6 Å². The van der Waals surface area contributed by atoms with Crippen molar-refractivity contribution < 1.29 is 8.78 Å². The van der Waals surface area contributed by atoms with Crippen molar-refractivity contribution in [3.63, 3.8) is 0 Å². The monoisotopic (exact) mass is 301 g/mol. The van der Waals surface area contributed by atoms with Crippen molar-refractivity contribution in [3.05, 3.63) is 56.7 Å². The van der Waals surface area contributed by atoms with Gasteiger partial charge in [-0.15, -0.1) is 11.3 Å². The summed E-state index contributed by atoms with van der Waals surface area (Å²) in [5.41, 5.74) is 0.455. The molecule has 0 amide bonds. The molecule has 5 heteroatoms. The molecule has 0 aliphatic carbocycles. The average Bonchev–Trinajstić information content (AvgIpc) is 2.75. The van der Waals surface area contributed by atoms with E-state index in [0.29, 0.717) is 5.56 Å². The number of thiophene rings is 1. The molecule has 0 radical (unpaired) electrons. The first-order valence-corrected chi connectivity index (χ1v) is 7.13. The molecule has 102 valence electrons. The van der Waals surface area contributed by atoms with Gasteiger partial charge in [0.15, 0.2) is 0 Å². The molecule has 1 heterocycles. The zero-order chi connectivity index (χ0) is 14.0. The van der Waals surface area contributed by atoms with Crippen molar-refractivity contribution in [2.24, 2.45) is 0 Å². The Morgan fingerprint density at radius 2 is 1.84 bits per heavy atom. The van der Waals surface area contributed by atoms with Crippen LogP contribution < -0.4 is 5.32 Å². The number of benzene rings is 1. The standard InChI is InChI=1S/C14H14ClF2NS/c1-8(11-4-3-10(16)7-12(11)17)18-9(2)13-5-6-14(15)19-13/h3-9,18H,1-2H3. The molecule has 2 unspecified atom stereocenters. The van der Waals surface area contributed by atoms with E-state index in [1.807, 2.05) is 26.0 Å². The highest BCUT2D eigenvalue weighted by Gasteiger charge is 2.16. The van der Waals surface area contributed by atoms with E-state index in [1.165, 1.54) is 23.5 Å². The number of halogens is 3. The SMILES string of the molecule is CC(NC(C)c1ccc(F)cc1F)c1ccc(Cl)s1. The van der Waals surface area contributed by atoms with Gasteiger partial charge in [-0.3, -0.25) is 0 Å². The Morgan fingerprint density at radius 3 is 2.42 bits per heavy atom. The van der Waals surface area contributed by atoms with E-state index in [2.05, 4.69) is 5.32 Å². The Morgan fingerprint density at radius 1 is 1.11 bits per heavy atom. The predicted molar refractivity (Wildman–Crippen MR) is 75.7 cm³/mol. The minimum absolute atomic E-state index is 0.0527. The van der Waals surface area contributed by atoms with Gasteiger partial charge < -0.3 is 5.32 Å². The number of nitrogens with one attached hydrogen (secondary N) is 1. The summed E-state index contributed by atoms with van der Waals surface area (Å²) < 4.78 is 27.3. The van der Waals surface area contributed by atoms with Crippen molar-refractivity contribution >= 4 is 22.9 Å². The summed E-state index contributed by atoms with van der Waals surface area (Å²) in [4.78, 5) is 1.08. The third-order valence-electron chi connectivity index (χ3n) is 2.95. The van der Waals surface area contributed by atoms with Crippen LogP contribution in [-0.2, 0) is 0 Å². The fourth-order valence-electron chi connectivity index (χ4n) is 1.96. The molecular formula is C14H14ClF2NS. The molecule has 2 aromatic rings. The van der Waals surface area contributed by atoms with E-state index in [4.69, 9.17) is 11.6 Å². The Hall–Kier alpha value is -0.970. The second kappa shape index (κ2) is 5.99. The minimum atomic E-state index is -0.563. The van der Waals surface area contributed by atoms with Crippen molar-refractivity contribution in [1.82, 2.24) is 5.32 Å². The van der Waals surface area contributed by atoms with Gasteiger partial charge in [-0.2, -0.15) is 0 Å². The van der Waals surface area contributed by atoms with Gasteiger partial charge >= 0.3 is 0 Å². The molecule has 1 N–H and O–H groups in total. The van der Waals surface area contributed by atoms with Gasteiger partial charge in [0.05, 0.1) is 4.34 Å². The van der Waals surface area contributed by atoms with E-state index >= 15 is 0 Å². The first-order valence-electron chi connectivity index (χ1n) is 5.93. The highest BCUT2D eigenvalue weighted by Crippen LogP contribution is 2.29. The Labute approximate surface area is 120 Å². The number of hydrogen-bond acceptors (Lipinski definition) is 2. The average molecular weight is 302 g/mol. The number of rotatable bonds is 4. The van der Waals surface area contributed by atoms with Gasteiger partial charge in [-0.05, 0) is 32.0 Å². The van der Waals surface area contributed by atoms with E-state index in [0.717, 1.165) is 15.3 Å². The fourth-order valence-corrected chi connectivity index (χ4v) is 3.03. The largest absolute Gasteiger partial charge is 0.303 e. The molecule has 0 saturated heterocycles. The summed E-state index contributed by atoms with van der Waals surface area (Å²) in [6.07, 6.45) is 0. The van der Waals surface area contributed by atoms with E-state index in [-0.39, 0.29) is 12.1 Å². The summed E-state index contributed by atoms with van der Waals surface area (Å²) in [5.74, 6) is -1.09. The zero-order valence-electron chi connectivity index (χ0n) is 10.6. The summed E-state index contributed by atoms with van der Waals surface area (Å²) in [7, 11) is 0. The maximum atomic E-state index is 13.7. The van der Waals surface area contributed by atoms with Crippen LogP contribution in [0.25, 0.3) is 0 Å². The maximum absolute atomic E-state index is 13.7. The Bertz CT molecular complexity index is 570. The van der Waals surface area contributed by atoms with Crippen LogP contribution in [0.4, 0.5) is 8.78 Å². The minimum Gasteiger partial charge on any atom is -0.303 e. The van der Waals surface area contributed by atoms with Crippen LogP contribution in [0.15, 0.2) is 30.3 Å². The molecule has 1 aromatic carbocycles. The molecule has 1 nitrogen and oxygen atoms in total. The molecule has 2 atom stereocenters. The third kappa shape index (κ3) is 3.53. The smallest absolute Gasteiger partial charge is 0.130 e. The highest BCUT2D eigenvalue weighted by molar-refractivity contribution is 7.16. The van der Waals surface area contributed by atoms with Crippen LogP contribution in [0.3, 0.4) is 0 Å². The molecule has 0 saturated carbocycles. The van der Waals surface area contributed by atoms with Crippen molar-refractivity contribution in [2.45, 2.75) is 25.9 Å². The first-order chi connectivity index (χ1) is 8.97. The van der Waals surface area contributed by atoms with E-state index < -0.39 is 11.6 Å². The number of hydrogen-bond donors (Lipinski definition) is 1. The van der Waals surface area contributed by atoms with Crippen LogP contribution in [0, 0.1) is 11.6 Å². The summed E-state index contributed by atoms with van der Waals surface area (Å²) >= 11 is 7.38. The summed E-state index contributed by atoms with van der Waals surface area (Å²) in [6.45, 7) is 3.84. The van der Waals surface area contributed by atoms with Crippen molar-refractivity contribution in [2.75, 3.05) is 0 Å². The molecule has 0 bridgehead atoms. The van der Waals surface area contributed by atoms with Crippen LogP contribution in [0.5, 0.6) is 0 Å². The lowest BCUT2D eigenvalue weighted by molar-refractivity contribution is 0.474. The van der Waals surface area contributed by atoms with E-state index in [1.54, 1.807) is 0 Å². The lowest BCUT2D eigenvalue weighted by atomic mass is 10.1.